The average Bonchev–Trinajstić information content (AvgIpc) is 3.08. The van der Waals surface area contributed by atoms with Crippen molar-refractivity contribution < 1.29 is 28.2 Å². The number of alkyl halides is 3. The van der Waals surface area contributed by atoms with Crippen molar-refractivity contribution in [1.29, 1.82) is 0 Å². The topological polar surface area (TPSA) is 79.4 Å². The van der Waals surface area contributed by atoms with Gasteiger partial charge in [0.15, 0.2) is 0 Å². The normalized spacial score (nSPS) is 16.9. The number of nitrogens with one attached hydrogen (secondary N) is 1. The molecule has 1 aliphatic heterocycles. The van der Waals surface area contributed by atoms with Crippen LogP contribution in [-0.2, 0) is 18.3 Å². The van der Waals surface area contributed by atoms with Crippen molar-refractivity contribution in [3.63, 3.8) is 0 Å². The number of rotatable bonds is 4. The Balaban J connectivity index is 1.58. The van der Waals surface area contributed by atoms with Gasteiger partial charge in [-0.25, -0.2) is 0 Å². The Morgan fingerprint density at radius 2 is 1.79 bits per heavy atom. The molecular weight excluding hydrogens is 504 g/mol. The molecule has 4 rings (SSSR count). The molecule has 0 saturated carbocycles. The van der Waals surface area contributed by atoms with Gasteiger partial charge in [0.1, 0.15) is 0 Å². The fourth-order valence-electron chi connectivity index (χ4n) is 4.27. The average molecular weight is 521 g/mol. The lowest BCUT2D eigenvalue weighted by Gasteiger charge is -2.39. The number of benzene rings is 2. The first kappa shape index (κ1) is 24.2. The highest BCUT2D eigenvalue weighted by molar-refractivity contribution is 6.39. The lowest BCUT2D eigenvalue weighted by Crippen LogP contribution is -2.42. The molecule has 0 amide bonds. The number of H-pyrrole nitrogens is 1. The molecule has 0 radical (unpaired) electrons. The number of aromatic amines is 1. The molecule has 11 heteroatoms. The number of fused-ring (bicyclic) bond motifs is 1. The summed E-state index contributed by atoms with van der Waals surface area (Å²) in [5.41, 5.74) is -1.58. The molecule has 2 aromatic carbocycles. The van der Waals surface area contributed by atoms with Gasteiger partial charge in [0.2, 0.25) is 0 Å². The number of hydrogen-bond donors (Lipinski definition) is 2. The van der Waals surface area contributed by atoms with Gasteiger partial charge in [0.25, 0.3) is 0 Å². The number of piperidine rings is 1. The molecule has 176 valence electrons. The van der Waals surface area contributed by atoms with Gasteiger partial charge in [-0.1, -0.05) is 40.9 Å². The molecular formula is C22H17Cl3F3N2O3-. The first-order chi connectivity index (χ1) is 15.4. The Labute approximate surface area is 201 Å². The lowest BCUT2D eigenvalue weighted by molar-refractivity contribution is -0.255. The first-order valence-corrected chi connectivity index (χ1v) is 11.1. The molecule has 1 saturated heterocycles. The molecule has 33 heavy (non-hydrogen) atoms. The second-order valence-corrected chi connectivity index (χ2v) is 9.33. The van der Waals surface area contributed by atoms with Crippen LogP contribution in [0, 0.1) is 0 Å². The highest BCUT2D eigenvalue weighted by Gasteiger charge is 2.38. The zero-order valence-electron chi connectivity index (χ0n) is 16.9. The third kappa shape index (κ3) is 4.68. The van der Waals surface area contributed by atoms with Crippen molar-refractivity contribution in [1.82, 2.24) is 9.88 Å². The fourth-order valence-corrected chi connectivity index (χ4v) is 5.10. The maximum absolute atomic E-state index is 13.2. The van der Waals surface area contributed by atoms with Crippen molar-refractivity contribution >= 4 is 51.7 Å². The molecule has 5 nitrogen and oxygen atoms in total. The van der Waals surface area contributed by atoms with E-state index in [0.717, 1.165) is 12.1 Å². The number of aromatic carboxylic acids is 1. The summed E-state index contributed by atoms with van der Waals surface area (Å²) in [4.78, 5) is 16.4. The fraction of sp³-hybridized carbons (Fsp3) is 0.318. The number of carboxylic acid groups (broad SMARTS) is 1. The number of aromatic nitrogens is 1. The minimum Gasteiger partial charge on any atom is -0.543 e. The van der Waals surface area contributed by atoms with Crippen molar-refractivity contribution in [3.8, 4) is 0 Å². The molecule has 1 fully saturated rings. The SMILES string of the molecule is O=C([O-])c1[nH]c2cc(Cl)cc(Cl)c2c1CN1CCC(O)(c2ccc(Cl)c(C(F)(F)F)c2)CC1. The maximum atomic E-state index is 13.2. The predicted octanol–water partition coefficient (Wildman–Crippen LogP) is 4.99. The molecule has 0 spiro atoms. The van der Waals surface area contributed by atoms with E-state index in [1.54, 1.807) is 6.07 Å². The van der Waals surface area contributed by atoms with Crippen LogP contribution in [0.4, 0.5) is 13.2 Å². The quantitative estimate of drug-likeness (QED) is 0.508. The zero-order valence-corrected chi connectivity index (χ0v) is 19.2. The highest BCUT2D eigenvalue weighted by atomic mass is 35.5. The number of nitrogens with zero attached hydrogens (tertiary/aromatic N) is 1. The van der Waals surface area contributed by atoms with Gasteiger partial charge in [-0.2, -0.15) is 13.2 Å². The number of halogens is 6. The van der Waals surface area contributed by atoms with E-state index in [9.17, 15) is 28.2 Å². The van der Waals surface area contributed by atoms with Crippen LogP contribution in [0.1, 0.15) is 40.0 Å². The number of carbonyl (C=O) groups excluding carboxylic acids is 1. The van der Waals surface area contributed by atoms with Crippen LogP contribution in [0.25, 0.3) is 10.9 Å². The van der Waals surface area contributed by atoms with Crippen LogP contribution < -0.4 is 5.11 Å². The summed E-state index contributed by atoms with van der Waals surface area (Å²) in [6.45, 7) is 0.810. The molecule has 0 bridgehead atoms. The number of likely N-dealkylation sites (tertiary alicyclic amines) is 1. The maximum Gasteiger partial charge on any atom is 0.417 e. The molecule has 0 unspecified atom stereocenters. The van der Waals surface area contributed by atoms with Crippen LogP contribution in [0.2, 0.25) is 15.1 Å². The largest absolute Gasteiger partial charge is 0.543 e. The Hall–Kier alpha value is -1.97. The second kappa shape index (κ2) is 8.67. The molecule has 0 atom stereocenters. The van der Waals surface area contributed by atoms with Crippen LogP contribution in [0.5, 0.6) is 0 Å². The minimum atomic E-state index is -4.64. The van der Waals surface area contributed by atoms with E-state index in [0.29, 0.717) is 34.6 Å². The van der Waals surface area contributed by atoms with Crippen molar-refractivity contribution in [3.05, 3.63) is 67.8 Å². The first-order valence-electron chi connectivity index (χ1n) is 9.92. The third-order valence-electron chi connectivity index (χ3n) is 6.00. The van der Waals surface area contributed by atoms with Gasteiger partial charge in [-0.3, -0.25) is 4.90 Å². The summed E-state index contributed by atoms with van der Waals surface area (Å²) >= 11 is 18.0. The number of carbonyl (C=O) groups is 1. The summed E-state index contributed by atoms with van der Waals surface area (Å²) in [7, 11) is 0. The van der Waals surface area contributed by atoms with E-state index in [-0.39, 0.29) is 35.7 Å². The number of aliphatic hydroxyl groups is 1. The summed E-state index contributed by atoms with van der Waals surface area (Å²) in [6, 6.07) is 6.48. The monoisotopic (exact) mass is 519 g/mol. The minimum absolute atomic E-state index is 0.123. The van der Waals surface area contributed by atoms with E-state index in [1.807, 2.05) is 4.90 Å². The van der Waals surface area contributed by atoms with E-state index >= 15 is 0 Å². The summed E-state index contributed by atoms with van der Waals surface area (Å²) in [5.74, 6) is -1.40. The number of carboxylic acids is 1. The molecule has 0 aliphatic carbocycles. The zero-order chi connectivity index (χ0) is 24.1. The Morgan fingerprint density at radius 1 is 1.12 bits per heavy atom. The second-order valence-electron chi connectivity index (χ2n) is 8.08. The summed E-state index contributed by atoms with van der Waals surface area (Å²) < 4.78 is 39.7. The van der Waals surface area contributed by atoms with Crippen LogP contribution in [0.15, 0.2) is 30.3 Å². The summed E-state index contributed by atoms with van der Waals surface area (Å²) in [5, 5.41) is 23.5. The smallest absolute Gasteiger partial charge is 0.417 e. The Kier molecular flexibility index (Phi) is 6.35. The van der Waals surface area contributed by atoms with E-state index < -0.39 is 28.3 Å². The third-order valence-corrected chi connectivity index (χ3v) is 6.84. The van der Waals surface area contributed by atoms with Gasteiger partial charge in [-0.05, 0) is 42.7 Å². The number of hydrogen-bond acceptors (Lipinski definition) is 4. The van der Waals surface area contributed by atoms with Gasteiger partial charge in [0.05, 0.1) is 32.9 Å². The van der Waals surface area contributed by atoms with Gasteiger partial charge < -0.3 is 20.0 Å². The van der Waals surface area contributed by atoms with Crippen molar-refractivity contribution in [2.45, 2.75) is 31.2 Å². The molecule has 3 aromatic rings. The van der Waals surface area contributed by atoms with Crippen molar-refractivity contribution in [2.75, 3.05) is 13.1 Å². The summed E-state index contributed by atoms with van der Waals surface area (Å²) in [6.07, 6.45) is -4.34. The molecule has 1 aliphatic rings. The van der Waals surface area contributed by atoms with E-state index in [4.69, 9.17) is 34.8 Å². The van der Waals surface area contributed by atoms with Crippen LogP contribution in [0.3, 0.4) is 0 Å². The van der Waals surface area contributed by atoms with E-state index in [1.165, 1.54) is 12.1 Å². The van der Waals surface area contributed by atoms with Crippen LogP contribution >= 0.6 is 34.8 Å². The molecule has 2 heterocycles. The predicted molar refractivity (Wildman–Crippen MR) is 118 cm³/mol. The lowest BCUT2D eigenvalue weighted by atomic mass is 9.83. The van der Waals surface area contributed by atoms with Crippen LogP contribution in [-0.4, -0.2) is 34.0 Å². The highest BCUT2D eigenvalue weighted by Crippen LogP contribution is 2.40. The van der Waals surface area contributed by atoms with Gasteiger partial charge >= 0.3 is 6.18 Å². The Bertz CT molecular complexity index is 1240. The van der Waals surface area contributed by atoms with E-state index in [2.05, 4.69) is 4.98 Å². The molecule has 2 N–H and O–H groups in total. The van der Waals surface area contributed by atoms with Gasteiger partial charge in [-0.15, -0.1) is 0 Å². The van der Waals surface area contributed by atoms with Gasteiger partial charge in [0, 0.05) is 41.1 Å². The molecule has 1 aromatic heterocycles. The standard InChI is InChI=1S/C22H18Cl3F3N2O3/c23-12-8-16(25)18-13(19(20(31)32)29-17(18)9-12)10-30-5-3-21(33,4-6-30)11-1-2-15(24)14(7-11)22(26,27)28/h1-2,7-9,29,33H,3-6,10H2,(H,31,32)/p-1. The van der Waals surface area contributed by atoms with Crippen molar-refractivity contribution in [2.24, 2.45) is 0 Å². The Morgan fingerprint density at radius 3 is 2.39 bits per heavy atom.